The van der Waals surface area contributed by atoms with Gasteiger partial charge in [-0.25, -0.2) is 0 Å². The molecule has 1 saturated carbocycles. The molecule has 0 saturated heterocycles. The molecule has 4 rings (SSSR count). The van der Waals surface area contributed by atoms with Gasteiger partial charge in [0.25, 0.3) is 0 Å². The van der Waals surface area contributed by atoms with Crippen LogP contribution < -0.4 is 5.73 Å². The number of hydrogen-bond donors (Lipinski definition) is 1. The van der Waals surface area contributed by atoms with E-state index in [4.69, 9.17) is 21.9 Å². The minimum absolute atomic E-state index is 0. The van der Waals surface area contributed by atoms with Crippen LogP contribution in [-0.4, -0.2) is 10.1 Å². The van der Waals surface area contributed by atoms with Crippen molar-refractivity contribution in [3.63, 3.8) is 0 Å². The van der Waals surface area contributed by atoms with Crippen molar-refractivity contribution in [2.45, 2.75) is 34.9 Å². The van der Waals surface area contributed by atoms with E-state index in [1.807, 2.05) is 42.5 Å². The van der Waals surface area contributed by atoms with Crippen molar-refractivity contribution in [2.75, 3.05) is 0 Å². The first kappa shape index (κ1) is 19.2. The van der Waals surface area contributed by atoms with E-state index in [9.17, 15) is 0 Å². The normalized spacial score (nSPS) is 16.4. The summed E-state index contributed by atoms with van der Waals surface area (Å²) in [6, 6.07) is 17.9. The summed E-state index contributed by atoms with van der Waals surface area (Å²) in [4.78, 5) is 5.62. The van der Waals surface area contributed by atoms with Crippen molar-refractivity contribution in [1.29, 1.82) is 0 Å². The van der Waals surface area contributed by atoms with E-state index >= 15 is 0 Å². The van der Waals surface area contributed by atoms with Gasteiger partial charge in [-0.3, -0.25) is 0 Å². The zero-order valence-electron chi connectivity index (χ0n) is 14.0. The van der Waals surface area contributed by atoms with E-state index in [0.29, 0.717) is 16.7 Å². The first-order valence-corrected chi connectivity index (χ1v) is 9.51. The van der Waals surface area contributed by atoms with Gasteiger partial charge in [0, 0.05) is 4.90 Å². The van der Waals surface area contributed by atoms with E-state index < -0.39 is 5.54 Å². The standard InChI is InChI=1S/C19H18ClN3OS.ClH/c20-14-9-4-5-10-15(14)25-16(13-7-2-1-3-8-13)17-22-18(23-24-17)19(21)11-6-12-19;/h1-5,7-10,16H,6,11-12,21H2;1H. The summed E-state index contributed by atoms with van der Waals surface area (Å²) >= 11 is 7.95. The molecular weight excluding hydrogens is 389 g/mol. The van der Waals surface area contributed by atoms with Crippen molar-refractivity contribution in [3.05, 3.63) is 76.9 Å². The molecule has 136 valence electrons. The van der Waals surface area contributed by atoms with Crippen molar-refractivity contribution in [1.82, 2.24) is 10.1 Å². The summed E-state index contributed by atoms with van der Waals surface area (Å²) < 4.78 is 5.61. The third-order valence-electron chi connectivity index (χ3n) is 4.54. The van der Waals surface area contributed by atoms with E-state index in [0.717, 1.165) is 29.7 Å². The molecule has 1 atom stereocenters. The van der Waals surface area contributed by atoms with Crippen LogP contribution in [0.2, 0.25) is 5.02 Å². The molecule has 4 nitrogen and oxygen atoms in total. The van der Waals surface area contributed by atoms with Gasteiger partial charge in [-0.15, -0.1) is 24.2 Å². The van der Waals surface area contributed by atoms with Gasteiger partial charge in [0.05, 0.1) is 10.6 Å². The van der Waals surface area contributed by atoms with Gasteiger partial charge in [0.15, 0.2) is 5.82 Å². The van der Waals surface area contributed by atoms with Gasteiger partial charge >= 0.3 is 0 Å². The number of nitrogens with zero attached hydrogens (tertiary/aromatic N) is 2. The van der Waals surface area contributed by atoms with Gasteiger partial charge in [-0.05, 0) is 37.0 Å². The highest BCUT2D eigenvalue weighted by atomic mass is 35.5. The lowest BCUT2D eigenvalue weighted by molar-refractivity contribution is 0.229. The molecule has 2 N–H and O–H groups in total. The van der Waals surface area contributed by atoms with Crippen LogP contribution in [0.4, 0.5) is 0 Å². The van der Waals surface area contributed by atoms with Crippen LogP contribution in [0.3, 0.4) is 0 Å². The number of hydrogen-bond acceptors (Lipinski definition) is 5. The van der Waals surface area contributed by atoms with Crippen molar-refractivity contribution in [3.8, 4) is 0 Å². The molecule has 26 heavy (non-hydrogen) atoms. The Kier molecular flexibility index (Phi) is 5.92. The van der Waals surface area contributed by atoms with Crippen molar-refractivity contribution >= 4 is 35.8 Å². The quantitative estimate of drug-likeness (QED) is 0.576. The lowest BCUT2D eigenvalue weighted by atomic mass is 9.77. The Hall–Kier alpha value is -1.53. The number of nitrogens with two attached hydrogens (primary N) is 1. The molecule has 0 bridgehead atoms. The summed E-state index contributed by atoms with van der Waals surface area (Å²) in [5, 5.41) is 4.74. The van der Waals surface area contributed by atoms with Crippen LogP contribution >= 0.6 is 35.8 Å². The first-order valence-electron chi connectivity index (χ1n) is 8.25. The zero-order valence-corrected chi connectivity index (χ0v) is 16.4. The highest BCUT2D eigenvalue weighted by Gasteiger charge is 2.39. The van der Waals surface area contributed by atoms with E-state index in [1.165, 1.54) is 0 Å². The topological polar surface area (TPSA) is 64.9 Å². The Morgan fingerprint density at radius 3 is 2.42 bits per heavy atom. The third kappa shape index (κ3) is 3.76. The fourth-order valence-electron chi connectivity index (χ4n) is 2.88. The van der Waals surface area contributed by atoms with Crippen LogP contribution in [0.5, 0.6) is 0 Å². The van der Waals surface area contributed by atoms with Gasteiger partial charge in [-0.2, -0.15) is 4.98 Å². The Labute approximate surface area is 167 Å². The number of aromatic nitrogens is 2. The SMILES string of the molecule is Cl.NC1(c2noc(C(Sc3ccccc3Cl)c3ccccc3)n2)CCC1. The third-order valence-corrected chi connectivity index (χ3v) is 6.30. The van der Waals surface area contributed by atoms with Crippen LogP contribution in [0.1, 0.15) is 41.8 Å². The molecule has 3 aromatic rings. The zero-order chi connectivity index (χ0) is 17.3. The van der Waals surface area contributed by atoms with Gasteiger partial charge < -0.3 is 10.3 Å². The molecular formula is C19H19Cl2N3OS. The molecule has 1 aliphatic rings. The lowest BCUT2D eigenvalue weighted by Gasteiger charge is -2.34. The van der Waals surface area contributed by atoms with Crippen molar-refractivity contribution < 1.29 is 4.52 Å². The number of thioether (sulfide) groups is 1. The second kappa shape index (κ2) is 8.01. The average Bonchev–Trinajstić information content (AvgIpc) is 3.10. The van der Waals surface area contributed by atoms with E-state index in [2.05, 4.69) is 22.3 Å². The maximum atomic E-state index is 6.35. The fraction of sp³-hybridized carbons (Fsp3) is 0.263. The number of benzene rings is 2. The molecule has 1 aliphatic carbocycles. The molecule has 0 aliphatic heterocycles. The highest BCUT2D eigenvalue weighted by Crippen LogP contribution is 2.43. The van der Waals surface area contributed by atoms with Crippen LogP contribution in [-0.2, 0) is 5.54 Å². The second-order valence-electron chi connectivity index (χ2n) is 6.30. The molecule has 1 fully saturated rings. The Morgan fingerprint density at radius 1 is 1.08 bits per heavy atom. The first-order chi connectivity index (χ1) is 12.2. The molecule has 7 heteroatoms. The van der Waals surface area contributed by atoms with Gasteiger partial charge in [0.2, 0.25) is 5.89 Å². The highest BCUT2D eigenvalue weighted by molar-refractivity contribution is 7.99. The molecule has 0 radical (unpaired) electrons. The molecule has 1 heterocycles. The minimum atomic E-state index is -0.432. The number of halogens is 2. The van der Waals surface area contributed by atoms with E-state index in [-0.39, 0.29) is 17.7 Å². The predicted octanol–water partition coefficient (Wildman–Crippen LogP) is 5.36. The molecule has 1 aromatic heterocycles. The smallest absolute Gasteiger partial charge is 0.244 e. The Bertz CT molecular complexity index is 868. The summed E-state index contributed by atoms with van der Waals surface area (Å²) in [5.41, 5.74) is 6.99. The molecule has 0 spiro atoms. The minimum Gasteiger partial charge on any atom is -0.338 e. The Balaban J connectivity index is 0.00000196. The second-order valence-corrected chi connectivity index (χ2v) is 7.86. The van der Waals surface area contributed by atoms with Crippen LogP contribution in [0.15, 0.2) is 64.0 Å². The van der Waals surface area contributed by atoms with Gasteiger partial charge in [0.1, 0.15) is 5.25 Å². The maximum absolute atomic E-state index is 6.35. The van der Waals surface area contributed by atoms with E-state index in [1.54, 1.807) is 11.8 Å². The van der Waals surface area contributed by atoms with Crippen LogP contribution in [0.25, 0.3) is 0 Å². The Morgan fingerprint density at radius 2 is 1.77 bits per heavy atom. The largest absolute Gasteiger partial charge is 0.338 e. The number of rotatable bonds is 5. The monoisotopic (exact) mass is 407 g/mol. The summed E-state index contributed by atoms with van der Waals surface area (Å²) in [5.74, 6) is 1.16. The average molecular weight is 408 g/mol. The molecule has 2 aromatic carbocycles. The fourth-order valence-corrected chi connectivity index (χ4v) is 4.23. The molecule has 0 amide bonds. The predicted molar refractivity (Wildman–Crippen MR) is 107 cm³/mol. The lowest BCUT2D eigenvalue weighted by Crippen LogP contribution is -2.44. The van der Waals surface area contributed by atoms with Crippen molar-refractivity contribution in [2.24, 2.45) is 5.73 Å². The van der Waals surface area contributed by atoms with Gasteiger partial charge in [-0.1, -0.05) is 59.2 Å². The summed E-state index contributed by atoms with van der Waals surface area (Å²) in [6.45, 7) is 0. The molecule has 1 unspecified atom stereocenters. The maximum Gasteiger partial charge on any atom is 0.244 e. The summed E-state index contributed by atoms with van der Waals surface area (Å²) in [6.07, 6.45) is 2.91. The summed E-state index contributed by atoms with van der Waals surface area (Å²) in [7, 11) is 0. The van der Waals surface area contributed by atoms with Crippen LogP contribution in [0, 0.1) is 0 Å².